The van der Waals surface area contributed by atoms with Crippen LogP contribution in [-0.2, 0) is 16.0 Å². The highest BCUT2D eigenvalue weighted by Gasteiger charge is 2.15. The van der Waals surface area contributed by atoms with E-state index in [0.29, 0.717) is 37.4 Å². The number of carbonyl (C=O) groups excluding carboxylic acids is 1. The average molecular weight is 320 g/mol. The van der Waals surface area contributed by atoms with Gasteiger partial charge in [0.25, 0.3) is 0 Å². The molecule has 1 aromatic heterocycles. The Morgan fingerprint density at radius 3 is 2.74 bits per heavy atom. The maximum atomic E-state index is 12.9. The third-order valence-electron chi connectivity index (χ3n) is 3.35. The minimum Gasteiger partial charge on any atom is -0.444 e. The minimum absolute atomic E-state index is 0.114. The van der Waals surface area contributed by atoms with Crippen molar-refractivity contribution in [2.75, 3.05) is 13.2 Å². The molecular weight excluding hydrogens is 299 g/mol. The molecule has 124 valence electrons. The molecule has 2 rings (SSSR count). The molecule has 2 aromatic rings. The first-order chi connectivity index (χ1) is 11.1. The number of benzene rings is 1. The van der Waals surface area contributed by atoms with Gasteiger partial charge in [-0.25, -0.2) is 9.37 Å². The Bertz CT molecular complexity index is 625. The van der Waals surface area contributed by atoms with Crippen LogP contribution in [0.25, 0.3) is 11.5 Å². The molecule has 23 heavy (non-hydrogen) atoms. The van der Waals surface area contributed by atoms with E-state index in [-0.39, 0.29) is 11.7 Å². The van der Waals surface area contributed by atoms with Crippen molar-refractivity contribution >= 4 is 5.91 Å². The lowest BCUT2D eigenvalue weighted by Gasteiger charge is -2.14. The molecule has 1 atom stereocenters. The van der Waals surface area contributed by atoms with E-state index in [4.69, 9.17) is 9.15 Å². The summed E-state index contributed by atoms with van der Waals surface area (Å²) in [5, 5.41) is 2.83. The number of ether oxygens (including phenoxy) is 1. The number of carbonyl (C=O) groups is 1. The van der Waals surface area contributed by atoms with Gasteiger partial charge in [0.2, 0.25) is 11.8 Å². The zero-order chi connectivity index (χ0) is 16.7. The fraction of sp³-hybridized carbons (Fsp3) is 0.412. The molecule has 1 aromatic carbocycles. The van der Waals surface area contributed by atoms with Crippen LogP contribution in [0.15, 0.2) is 34.9 Å². The van der Waals surface area contributed by atoms with E-state index in [9.17, 15) is 9.18 Å². The molecule has 1 amide bonds. The van der Waals surface area contributed by atoms with Crippen LogP contribution in [0.3, 0.4) is 0 Å². The van der Waals surface area contributed by atoms with Crippen molar-refractivity contribution in [3.05, 3.63) is 42.0 Å². The number of oxazole rings is 1. The zero-order valence-corrected chi connectivity index (χ0v) is 13.3. The van der Waals surface area contributed by atoms with Gasteiger partial charge in [-0.05, 0) is 37.6 Å². The number of hydrogen-bond donors (Lipinski definition) is 1. The largest absolute Gasteiger partial charge is 0.444 e. The second-order valence-electron chi connectivity index (χ2n) is 5.04. The lowest BCUT2D eigenvalue weighted by atomic mass is 10.2. The lowest BCUT2D eigenvalue weighted by molar-refractivity contribution is -0.132. The van der Waals surface area contributed by atoms with Crippen LogP contribution in [0.2, 0.25) is 0 Å². The van der Waals surface area contributed by atoms with Crippen LogP contribution in [0.5, 0.6) is 0 Å². The molecule has 0 aliphatic rings. The Hall–Kier alpha value is -2.21. The molecule has 6 heteroatoms. The molecular formula is C17H21FN2O3. The highest BCUT2D eigenvalue weighted by atomic mass is 19.1. The van der Waals surface area contributed by atoms with Crippen LogP contribution in [0.4, 0.5) is 4.39 Å². The van der Waals surface area contributed by atoms with E-state index < -0.39 is 6.10 Å². The predicted molar refractivity (Wildman–Crippen MR) is 84.3 cm³/mol. The second kappa shape index (κ2) is 8.43. The van der Waals surface area contributed by atoms with Gasteiger partial charge in [0.1, 0.15) is 18.2 Å². The predicted octanol–water partition coefficient (Wildman–Crippen LogP) is 2.95. The number of nitrogens with one attached hydrogen (secondary N) is 1. The van der Waals surface area contributed by atoms with E-state index in [0.717, 1.165) is 5.69 Å². The quantitative estimate of drug-likeness (QED) is 0.812. The van der Waals surface area contributed by atoms with Crippen LogP contribution in [0.1, 0.15) is 26.0 Å². The van der Waals surface area contributed by atoms with Crippen molar-refractivity contribution in [1.29, 1.82) is 0 Å². The second-order valence-corrected chi connectivity index (χ2v) is 5.04. The molecule has 0 bridgehead atoms. The summed E-state index contributed by atoms with van der Waals surface area (Å²) in [6.07, 6.45) is 2.33. The first-order valence-corrected chi connectivity index (χ1v) is 7.73. The van der Waals surface area contributed by atoms with Crippen LogP contribution in [-0.4, -0.2) is 30.1 Å². The van der Waals surface area contributed by atoms with Crippen molar-refractivity contribution in [3.8, 4) is 11.5 Å². The van der Waals surface area contributed by atoms with Crippen molar-refractivity contribution < 1.29 is 18.3 Å². The number of aromatic nitrogens is 1. The van der Waals surface area contributed by atoms with Gasteiger partial charge in [0.05, 0.1) is 5.69 Å². The SMILES string of the molecule is CCO[C@H](CC)C(=O)NCCc1coc(-c2ccc(F)cc2)n1. The van der Waals surface area contributed by atoms with E-state index >= 15 is 0 Å². The zero-order valence-electron chi connectivity index (χ0n) is 13.3. The summed E-state index contributed by atoms with van der Waals surface area (Å²) in [4.78, 5) is 16.2. The number of amides is 1. The topological polar surface area (TPSA) is 64.4 Å². The number of halogens is 1. The number of nitrogens with zero attached hydrogens (tertiary/aromatic N) is 1. The standard InChI is InChI=1S/C17H21FN2O3/c1-3-15(22-4-2)16(21)19-10-9-14-11-23-17(20-14)12-5-7-13(18)8-6-12/h5-8,11,15H,3-4,9-10H2,1-2H3,(H,19,21)/t15-/m1/s1. The molecule has 1 heterocycles. The Morgan fingerprint density at radius 1 is 1.35 bits per heavy atom. The van der Waals surface area contributed by atoms with E-state index in [1.165, 1.54) is 12.1 Å². The van der Waals surface area contributed by atoms with Gasteiger partial charge in [-0.15, -0.1) is 0 Å². The summed E-state index contributed by atoms with van der Waals surface area (Å²) < 4.78 is 23.6. The molecule has 0 saturated carbocycles. The highest BCUT2D eigenvalue weighted by molar-refractivity contribution is 5.80. The third-order valence-corrected chi connectivity index (χ3v) is 3.35. The summed E-state index contributed by atoms with van der Waals surface area (Å²) >= 11 is 0. The van der Waals surface area contributed by atoms with E-state index in [1.807, 2.05) is 13.8 Å². The third kappa shape index (κ3) is 4.89. The van der Waals surface area contributed by atoms with Crippen molar-refractivity contribution in [3.63, 3.8) is 0 Å². The van der Waals surface area contributed by atoms with Crippen molar-refractivity contribution in [2.45, 2.75) is 32.8 Å². The summed E-state index contributed by atoms with van der Waals surface area (Å²) in [6, 6.07) is 5.94. The maximum absolute atomic E-state index is 12.9. The van der Waals surface area contributed by atoms with Gasteiger partial charge in [-0.2, -0.15) is 0 Å². The molecule has 0 unspecified atom stereocenters. The average Bonchev–Trinajstić information content (AvgIpc) is 3.02. The van der Waals surface area contributed by atoms with Gasteiger partial charge < -0.3 is 14.5 Å². The van der Waals surface area contributed by atoms with Crippen LogP contribution in [0, 0.1) is 5.82 Å². The Morgan fingerprint density at radius 2 is 2.09 bits per heavy atom. The van der Waals surface area contributed by atoms with Gasteiger partial charge >= 0.3 is 0 Å². The fourth-order valence-electron chi connectivity index (χ4n) is 2.15. The minimum atomic E-state index is -0.410. The highest BCUT2D eigenvalue weighted by Crippen LogP contribution is 2.18. The molecule has 0 fully saturated rings. The molecule has 1 N–H and O–H groups in total. The smallest absolute Gasteiger partial charge is 0.249 e. The van der Waals surface area contributed by atoms with Crippen molar-refractivity contribution in [2.24, 2.45) is 0 Å². The lowest BCUT2D eigenvalue weighted by Crippen LogP contribution is -2.37. The molecule has 0 aliphatic heterocycles. The van der Waals surface area contributed by atoms with Gasteiger partial charge in [-0.1, -0.05) is 6.92 Å². The molecule has 0 spiro atoms. The number of hydrogen-bond acceptors (Lipinski definition) is 4. The normalized spacial score (nSPS) is 12.1. The first kappa shape index (κ1) is 17.1. The van der Waals surface area contributed by atoms with Gasteiger partial charge in [-0.3, -0.25) is 4.79 Å². The maximum Gasteiger partial charge on any atom is 0.249 e. The summed E-state index contributed by atoms with van der Waals surface area (Å²) in [7, 11) is 0. The first-order valence-electron chi connectivity index (χ1n) is 7.73. The van der Waals surface area contributed by atoms with Gasteiger partial charge in [0, 0.05) is 25.1 Å². The monoisotopic (exact) mass is 320 g/mol. The Balaban J connectivity index is 1.85. The Labute approximate surface area is 134 Å². The summed E-state index contributed by atoms with van der Waals surface area (Å²) in [6.45, 7) is 4.74. The van der Waals surface area contributed by atoms with Crippen LogP contribution >= 0.6 is 0 Å². The van der Waals surface area contributed by atoms with E-state index in [1.54, 1.807) is 18.4 Å². The summed E-state index contributed by atoms with van der Waals surface area (Å²) in [5.74, 6) is 0.0201. The number of rotatable bonds is 8. The molecule has 0 saturated heterocycles. The van der Waals surface area contributed by atoms with Crippen LogP contribution < -0.4 is 5.32 Å². The molecule has 0 radical (unpaired) electrons. The summed E-state index contributed by atoms with van der Waals surface area (Å²) in [5.41, 5.74) is 1.44. The Kier molecular flexibility index (Phi) is 6.29. The van der Waals surface area contributed by atoms with Crippen molar-refractivity contribution in [1.82, 2.24) is 10.3 Å². The van der Waals surface area contributed by atoms with E-state index in [2.05, 4.69) is 10.3 Å². The molecule has 5 nitrogen and oxygen atoms in total. The molecule has 0 aliphatic carbocycles. The fourth-order valence-corrected chi connectivity index (χ4v) is 2.15. The van der Waals surface area contributed by atoms with Gasteiger partial charge in [0.15, 0.2) is 0 Å².